The Morgan fingerprint density at radius 1 is 1.10 bits per heavy atom. The maximum atomic E-state index is 13.4. The van der Waals surface area contributed by atoms with Crippen LogP contribution in [-0.2, 0) is 19.1 Å². The van der Waals surface area contributed by atoms with Crippen molar-refractivity contribution in [2.75, 3.05) is 17.0 Å². The number of benzene rings is 2. The van der Waals surface area contributed by atoms with Crippen LogP contribution >= 0.6 is 11.6 Å². The van der Waals surface area contributed by atoms with Gasteiger partial charge in [-0.1, -0.05) is 35.4 Å². The minimum Gasteiger partial charge on any atom is -0.464 e. The average Bonchev–Trinajstić information content (AvgIpc) is 3.22. The highest BCUT2D eigenvalue weighted by molar-refractivity contribution is 6.35. The molecule has 0 bridgehead atoms. The van der Waals surface area contributed by atoms with Crippen LogP contribution in [0, 0.1) is 13.8 Å². The number of methoxy groups -OCH3 is 1. The first-order chi connectivity index (χ1) is 13.8. The van der Waals surface area contributed by atoms with Crippen LogP contribution < -0.4 is 15.3 Å². The number of aryl methyl sites for hydroxylation is 1. The highest BCUT2D eigenvalue weighted by Gasteiger charge is 2.54. The molecular weight excluding hydrogens is 394 g/mol. The van der Waals surface area contributed by atoms with E-state index >= 15 is 0 Å². The van der Waals surface area contributed by atoms with Crippen LogP contribution in [0.3, 0.4) is 0 Å². The van der Waals surface area contributed by atoms with Gasteiger partial charge in [0, 0.05) is 5.02 Å². The number of hydrazine groups is 1. The second-order valence-corrected chi connectivity index (χ2v) is 7.27. The quantitative estimate of drug-likeness (QED) is 0.618. The van der Waals surface area contributed by atoms with Gasteiger partial charge in [0.2, 0.25) is 0 Å². The van der Waals surface area contributed by atoms with Gasteiger partial charge in [-0.2, -0.15) is 0 Å². The Kier molecular flexibility index (Phi) is 4.55. The van der Waals surface area contributed by atoms with Gasteiger partial charge in [-0.3, -0.25) is 20.0 Å². The number of carbonyl (C=O) groups excluding carboxylic acids is 3. The van der Waals surface area contributed by atoms with Crippen molar-refractivity contribution in [2.45, 2.75) is 19.9 Å². The number of nitrogens with one attached hydrogen (secondary N) is 1. The van der Waals surface area contributed by atoms with Crippen molar-refractivity contribution < 1.29 is 19.1 Å². The summed E-state index contributed by atoms with van der Waals surface area (Å²) in [4.78, 5) is 40.0. The minimum absolute atomic E-state index is 0.0430. The largest absolute Gasteiger partial charge is 0.464 e. The molecule has 2 aromatic rings. The maximum absolute atomic E-state index is 13.4. The van der Waals surface area contributed by atoms with Crippen molar-refractivity contribution in [3.8, 4) is 0 Å². The summed E-state index contributed by atoms with van der Waals surface area (Å²) in [5.74, 6) is -1.76. The van der Waals surface area contributed by atoms with Gasteiger partial charge in [-0.15, -0.1) is 0 Å². The number of hydrogen-bond acceptors (Lipinski definition) is 6. The number of rotatable bonds is 3. The molecule has 2 aliphatic rings. The number of esters is 1. The Morgan fingerprint density at radius 2 is 1.79 bits per heavy atom. The zero-order valence-electron chi connectivity index (χ0n) is 16.0. The number of fused-ring (bicyclic) bond motifs is 1. The van der Waals surface area contributed by atoms with Crippen LogP contribution in [0.15, 0.2) is 53.7 Å². The van der Waals surface area contributed by atoms with E-state index in [9.17, 15) is 14.4 Å². The summed E-state index contributed by atoms with van der Waals surface area (Å²) in [6, 6.07) is 11.4. The maximum Gasteiger partial charge on any atom is 0.356 e. The summed E-state index contributed by atoms with van der Waals surface area (Å²) >= 11 is 6.19. The Balaban J connectivity index is 1.85. The van der Waals surface area contributed by atoms with Gasteiger partial charge in [0.25, 0.3) is 11.8 Å². The summed E-state index contributed by atoms with van der Waals surface area (Å²) < 4.78 is 4.82. The molecule has 8 heteroatoms. The molecular formula is C21H18ClN3O4. The lowest BCUT2D eigenvalue weighted by Crippen LogP contribution is -2.46. The molecule has 0 saturated carbocycles. The number of hydrogen-bond donors (Lipinski definition) is 1. The Labute approximate surface area is 172 Å². The zero-order valence-corrected chi connectivity index (χ0v) is 16.8. The second-order valence-electron chi connectivity index (χ2n) is 6.86. The smallest absolute Gasteiger partial charge is 0.356 e. The third kappa shape index (κ3) is 2.86. The number of anilines is 2. The minimum atomic E-state index is -0.988. The Bertz CT molecular complexity index is 1080. The molecule has 4 rings (SSSR count). The number of amides is 2. The third-order valence-corrected chi connectivity index (χ3v) is 5.51. The summed E-state index contributed by atoms with van der Waals surface area (Å²) in [6.45, 7) is 3.68. The fourth-order valence-electron chi connectivity index (χ4n) is 3.55. The molecule has 29 heavy (non-hydrogen) atoms. The molecule has 1 fully saturated rings. The van der Waals surface area contributed by atoms with E-state index in [1.54, 1.807) is 25.1 Å². The molecule has 1 N–H and O–H groups in total. The van der Waals surface area contributed by atoms with Crippen LogP contribution in [-0.4, -0.2) is 30.9 Å². The highest BCUT2D eigenvalue weighted by Crippen LogP contribution is 2.38. The molecule has 2 aromatic carbocycles. The van der Waals surface area contributed by atoms with E-state index < -0.39 is 23.8 Å². The van der Waals surface area contributed by atoms with E-state index in [2.05, 4.69) is 5.43 Å². The molecule has 148 valence electrons. The predicted octanol–water partition coefficient (Wildman–Crippen LogP) is 2.65. The number of halogens is 1. The number of ether oxygens (including phenoxy) is 1. The topological polar surface area (TPSA) is 79.0 Å². The molecule has 0 unspecified atom stereocenters. The molecule has 2 amide bonds. The fraction of sp³-hybridized carbons (Fsp3) is 0.190. The summed E-state index contributed by atoms with van der Waals surface area (Å²) in [5.41, 5.74) is 5.57. The van der Waals surface area contributed by atoms with E-state index in [1.165, 1.54) is 12.1 Å². The van der Waals surface area contributed by atoms with Gasteiger partial charge < -0.3 is 4.74 Å². The van der Waals surface area contributed by atoms with Crippen molar-refractivity contribution >= 4 is 40.8 Å². The standard InChI is InChI=1S/C21H18ClN3O4/c1-11-7-9-13(10-8-11)25-18-16(17(23-25)21(28)29-3)19(26)24(20(18)27)15-6-4-5-14(22)12(15)2/h4-10,18,23H,1-3H3/t18-/m1/s1. The summed E-state index contributed by atoms with van der Waals surface area (Å²) in [5, 5.41) is 1.96. The molecule has 7 nitrogen and oxygen atoms in total. The number of carbonyl (C=O) groups is 3. The first-order valence-electron chi connectivity index (χ1n) is 8.93. The van der Waals surface area contributed by atoms with Crippen LogP contribution in [0.1, 0.15) is 11.1 Å². The molecule has 0 aliphatic carbocycles. The Morgan fingerprint density at radius 3 is 2.45 bits per heavy atom. The fourth-order valence-corrected chi connectivity index (χ4v) is 3.72. The van der Waals surface area contributed by atoms with Gasteiger partial charge in [0.05, 0.1) is 24.1 Å². The van der Waals surface area contributed by atoms with Gasteiger partial charge in [-0.25, -0.2) is 9.69 Å². The van der Waals surface area contributed by atoms with E-state index in [1.807, 2.05) is 31.2 Å². The normalized spacial score (nSPS) is 18.3. The molecule has 0 radical (unpaired) electrons. The first-order valence-corrected chi connectivity index (χ1v) is 9.31. The lowest BCUT2D eigenvalue weighted by atomic mass is 10.1. The SMILES string of the molecule is COC(=O)C1=C2C(=O)N(c3cccc(Cl)c3C)C(=O)[C@@H]2N(c2ccc(C)cc2)N1. The van der Waals surface area contributed by atoms with E-state index in [-0.39, 0.29) is 11.3 Å². The molecule has 0 spiro atoms. The second kappa shape index (κ2) is 6.93. The van der Waals surface area contributed by atoms with Crippen molar-refractivity contribution in [1.29, 1.82) is 0 Å². The van der Waals surface area contributed by atoms with Crippen molar-refractivity contribution in [2.24, 2.45) is 0 Å². The van der Waals surface area contributed by atoms with Gasteiger partial charge in [-0.05, 0) is 43.7 Å². The zero-order chi connectivity index (χ0) is 20.9. The van der Waals surface area contributed by atoms with Crippen molar-refractivity contribution in [3.63, 3.8) is 0 Å². The Hall–Kier alpha value is -3.32. The molecule has 0 aromatic heterocycles. The lowest BCUT2D eigenvalue weighted by molar-refractivity contribution is -0.136. The highest BCUT2D eigenvalue weighted by atomic mass is 35.5. The van der Waals surface area contributed by atoms with Crippen molar-refractivity contribution in [1.82, 2.24) is 5.43 Å². The van der Waals surface area contributed by atoms with Crippen LogP contribution in [0.4, 0.5) is 11.4 Å². The molecule has 2 aliphatic heterocycles. The van der Waals surface area contributed by atoms with Crippen LogP contribution in [0.5, 0.6) is 0 Å². The van der Waals surface area contributed by atoms with E-state index in [0.717, 1.165) is 10.5 Å². The average molecular weight is 412 g/mol. The molecule has 2 heterocycles. The molecule has 1 atom stereocenters. The van der Waals surface area contributed by atoms with Crippen LogP contribution in [0.2, 0.25) is 5.02 Å². The summed E-state index contributed by atoms with van der Waals surface area (Å²) in [6.07, 6.45) is 0. The third-order valence-electron chi connectivity index (χ3n) is 5.10. The lowest BCUT2D eigenvalue weighted by Gasteiger charge is -2.26. The molecule has 1 saturated heterocycles. The van der Waals surface area contributed by atoms with E-state index in [0.29, 0.717) is 22.0 Å². The van der Waals surface area contributed by atoms with Crippen molar-refractivity contribution in [3.05, 3.63) is 69.9 Å². The van der Waals surface area contributed by atoms with Gasteiger partial charge in [0.1, 0.15) is 0 Å². The van der Waals surface area contributed by atoms with Gasteiger partial charge >= 0.3 is 5.97 Å². The first kappa shape index (κ1) is 19.0. The van der Waals surface area contributed by atoms with Crippen LogP contribution in [0.25, 0.3) is 0 Å². The number of imide groups is 1. The predicted molar refractivity (Wildman–Crippen MR) is 108 cm³/mol. The van der Waals surface area contributed by atoms with E-state index in [4.69, 9.17) is 16.3 Å². The monoisotopic (exact) mass is 411 g/mol. The van der Waals surface area contributed by atoms with Gasteiger partial charge in [0.15, 0.2) is 11.7 Å². The number of nitrogens with zero attached hydrogens (tertiary/aromatic N) is 2. The summed E-state index contributed by atoms with van der Waals surface area (Å²) in [7, 11) is 1.22.